The van der Waals surface area contributed by atoms with Crippen molar-refractivity contribution in [3.05, 3.63) is 66.9 Å². The molecule has 0 aliphatic rings. The number of furan rings is 1. The molecule has 0 aliphatic carbocycles. The molecule has 2 heterocycles. The minimum absolute atomic E-state index is 0.361. The van der Waals surface area contributed by atoms with Gasteiger partial charge in [0, 0.05) is 37.2 Å². The number of aromatic nitrogens is 1. The summed E-state index contributed by atoms with van der Waals surface area (Å²) in [6.07, 6.45) is 2.35. The summed E-state index contributed by atoms with van der Waals surface area (Å²) in [7, 11) is 3.24. The Labute approximate surface area is 188 Å². The molecular weight excluding hydrogens is 404 g/mol. The van der Waals surface area contributed by atoms with E-state index in [2.05, 4.69) is 29.4 Å². The average molecular weight is 433 g/mol. The normalized spacial score (nSPS) is 11.2. The van der Waals surface area contributed by atoms with E-state index in [1.165, 1.54) is 0 Å². The lowest BCUT2D eigenvalue weighted by atomic mass is 9.98. The van der Waals surface area contributed by atoms with E-state index in [-0.39, 0.29) is 6.29 Å². The molecule has 0 fully saturated rings. The molecule has 0 saturated carbocycles. The number of anilines is 1. The lowest BCUT2D eigenvalue weighted by molar-refractivity contribution is -0.0913. The molecule has 4 aromatic rings. The van der Waals surface area contributed by atoms with Crippen molar-refractivity contribution in [3.8, 4) is 28.2 Å². The number of rotatable bonds is 10. The van der Waals surface area contributed by atoms with Crippen molar-refractivity contribution in [2.45, 2.75) is 19.6 Å². The first-order valence-corrected chi connectivity index (χ1v) is 10.7. The molecule has 0 atom stereocenters. The third-order valence-corrected chi connectivity index (χ3v) is 5.23. The van der Waals surface area contributed by atoms with Gasteiger partial charge in [-0.1, -0.05) is 37.3 Å². The van der Waals surface area contributed by atoms with Crippen LogP contribution >= 0.6 is 0 Å². The van der Waals surface area contributed by atoms with Gasteiger partial charge in [0.05, 0.1) is 18.5 Å². The number of hydrogen-bond acceptors (Lipinski definition) is 6. The lowest BCUT2D eigenvalue weighted by Crippen LogP contribution is -2.23. The van der Waals surface area contributed by atoms with Crippen LogP contribution in [0, 0.1) is 0 Å². The predicted molar refractivity (Wildman–Crippen MR) is 127 cm³/mol. The molecule has 0 unspecified atom stereocenters. The van der Waals surface area contributed by atoms with Gasteiger partial charge in [-0.25, -0.2) is 4.98 Å². The van der Waals surface area contributed by atoms with Gasteiger partial charge in [0.25, 0.3) is 0 Å². The summed E-state index contributed by atoms with van der Waals surface area (Å²) in [5.41, 5.74) is 4.49. The standard InChI is InChI=1S/C26H28N2O4/c1-4-16-31-20-12-10-19(11-13-20)25-23(18-8-6-5-7-9-18)24-21(14-15-27-26(24)32-25)28-17-22(29-2)30-3/h5-15,22H,4,16-17H2,1-3H3,(H,27,28). The van der Waals surface area contributed by atoms with Crippen molar-refractivity contribution in [2.75, 3.05) is 32.7 Å². The SMILES string of the molecule is CCCOc1ccc(-c2oc3nccc(NCC(OC)OC)c3c2-c2ccccc2)cc1. The van der Waals surface area contributed by atoms with Crippen LogP contribution in [0.1, 0.15) is 13.3 Å². The fraction of sp³-hybridized carbons (Fsp3) is 0.269. The van der Waals surface area contributed by atoms with Crippen molar-refractivity contribution in [1.29, 1.82) is 0 Å². The van der Waals surface area contributed by atoms with Crippen molar-refractivity contribution in [3.63, 3.8) is 0 Å². The number of nitrogens with one attached hydrogen (secondary N) is 1. The molecule has 0 amide bonds. The fourth-order valence-electron chi connectivity index (χ4n) is 3.63. The second-order valence-electron chi connectivity index (χ2n) is 7.37. The Hall–Kier alpha value is -3.35. The topological polar surface area (TPSA) is 65.8 Å². The molecule has 6 nitrogen and oxygen atoms in total. The molecular formula is C26H28N2O4. The van der Waals surface area contributed by atoms with Crippen LogP contribution in [0.3, 0.4) is 0 Å². The highest BCUT2D eigenvalue weighted by atomic mass is 16.7. The van der Waals surface area contributed by atoms with Crippen molar-refractivity contribution in [1.82, 2.24) is 4.98 Å². The van der Waals surface area contributed by atoms with Gasteiger partial charge in [-0.2, -0.15) is 0 Å². The Morgan fingerprint density at radius 2 is 1.69 bits per heavy atom. The first-order valence-electron chi connectivity index (χ1n) is 10.7. The largest absolute Gasteiger partial charge is 0.494 e. The van der Waals surface area contributed by atoms with Gasteiger partial charge < -0.3 is 23.9 Å². The van der Waals surface area contributed by atoms with Crippen molar-refractivity contribution < 1.29 is 18.6 Å². The van der Waals surface area contributed by atoms with Crippen LogP contribution in [0.15, 0.2) is 71.3 Å². The maximum Gasteiger partial charge on any atom is 0.229 e. The molecule has 0 saturated heterocycles. The smallest absolute Gasteiger partial charge is 0.229 e. The van der Waals surface area contributed by atoms with Gasteiger partial charge in [-0.15, -0.1) is 0 Å². The van der Waals surface area contributed by atoms with Crippen LogP contribution in [-0.2, 0) is 9.47 Å². The third kappa shape index (κ3) is 4.61. The fourth-order valence-corrected chi connectivity index (χ4v) is 3.63. The summed E-state index contributed by atoms with van der Waals surface area (Å²) in [6.45, 7) is 3.28. The quantitative estimate of drug-likeness (QED) is 0.311. The maximum absolute atomic E-state index is 6.31. The van der Waals surface area contributed by atoms with E-state index in [0.717, 1.165) is 45.7 Å². The zero-order valence-electron chi connectivity index (χ0n) is 18.6. The summed E-state index contributed by atoms with van der Waals surface area (Å²) in [5.74, 6) is 1.61. The number of pyridine rings is 1. The van der Waals surface area contributed by atoms with Gasteiger partial charge in [-0.05, 0) is 42.3 Å². The summed E-state index contributed by atoms with van der Waals surface area (Å²) >= 11 is 0. The Morgan fingerprint density at radius 1 is 0.938 bits per heavy atom. The molecule has 4 rings (SSSR count). The molecule has 2 aromatic heterocycles. The zero-order valence-corrected chi connectivity index (χ0v) is 18.6. The van der Waals surface area contributed by atoms with E-state index in [1.807, 2.05) is 48.5 Å². The van der Waals surface area contributed by atoms with E-state index >= 15 is 0 Å². The Kier molecular flexibility index (Phi) is 7.04. The van der Waals surface area contributed by atoms with Gasteiger partial charge in [0.1, 0.15) is 11.5 Å². The summed E-state index contributed by atoms with van der Waals surface area (Å²) < 4.78 is 22.7. The lowest BCUT2D eigenvalue weighted by Gasteiger charge is -2.15. The van der Waals surface area contributed by atoms with Crippen LogP contribution in [0.5, 0.6) is 5.75 Å². The highest BCUT2D eigenvalue weighted by Gasteiger charge is 2.21. The first-order chi connectivity index (χ1) is 15.7. The maximum atomic E-state index is 6.31. The summed E-state index contributed by atoms with van der Waals surface area (Å²) in [6, 6.07) is 20.1. The van der Waals surface area contributed by atoms with Gasteiger partial charge >= 0.3 is 0 Å². The Balaban J connectivity index is 1.82. The van der Waals surface area contributed by atoms with Crippen molar-refractivity contribution in [2.24, 2.45) is 0 Å². The molecule has 0 radical (unpaired) electrons. The number of nitrogens with zero attached hydrogens (tertiary/aromatic N) is 1. The Bertz CT molecular complexity index is 1140. The molecule has 6 heteroatoms. The first kappa shape index (κ1) is 21.9. The molecule has 0 aliphatic heterocycles. The van der Waals surface area contributed by atoms with Crippen LogP contribution < -0.4 is 10.1 Å². The van der Waals surface area contributed by atoms with E-state index in [0.29, 0.717) is 18.9 Å². The van der Waals surface area contributed by atoms with E-state index < -0.39 is 0 Å². The monoisotopic (exact) mass is 432 g/mol. The molecule has 0 bridgehead atoms. The average Bonchev–Trinajstić information content (AvgIpc) is 3.24. The van der Waals surface area contributed by atoms with Crippen LogP contribution in [0.2, 0.25) is 0 Å². The second-order valence-corrected chi connectivity index (χ2v) is 7.37. The molecule has 32 heavy (non-hydrogen) atoms. The minimum Gasteiger partial charge on any atom is -0.494 e. The van der Waals surface area contributed by atoms with Crippen LogP contribution in [-0.4, -0.2) is 38.6 Å². The third-order valence-electron chi connectivity index (χ3n) is 5.23. The van der Waals surface area contributed by atoms with Gasteiger partial charge in [-0.3, -0.25) is 0 Å². The van der Waals surface area contributed by atoms with E-state index in [4.69, 9.17) is 18.6 Å². The number of benzene rings is 2. The van der Waals surface area contributed by atoms with E-state index in [9.17, 15) is 0 Å². The molecule has 2 aromatic carbocycles. The van der Waals surface area contributed by atoms with Crippen LogP contribution in [0.25, 0.3) is 33.6 Å². The van der Waals surface area contributed by atoms with Crippen molar-refractivity contribution >= 4 is 16.8 Å². The second kappa shape index (κ2) is 10.3. The van der Waals surface area contributed by atoms with Gasteiger partial charge in [0.2, 0.25) is 5.71 Å². The minimum atomic E-state index is -0.361. The molecule has 0 spiro atoms. The van der Waals surface area contributed by atoms with Crippen LogP contribution in [0.4, 0.5) is 5.69 Å². The highest BCUT2D eigenvalue weighted by molar-refractivity contribution is 6.06. The number of ether oxygens (including phenoxy) is 3. The number of fused-ring (bicyclic) bond motifs is 1. The summed E-state index contributed by atoms with van der Waals surface area (Å²) in [4.78, 5) is 4.51. The molecule has 1 N–H and O–H groups in total. The number of methoxy groups -OCH3 is 2. The number of hydrogen-bond donors (Lipinski definition) is 1. The van der Waals surface area contributed by atoms with E-state index in [1.54, 1.807) is 20.4 Å². The Morgan fingerprint density at radius 3 is 2.38 bits per heavy atom. The highest BCUT2D eigenvalue weighted by Crippen LogP contribution is 2.43. The predicted octanol–water partition coefficient (Wildman–Crippen LogP) is 5.98. The zero-order chi connectivity index (χ0) is 22.3. The molecule has 166 valence electrons. The van der Waals surface area contributed by atoms with Gasteiger partial charge in [0.15, 0.2) is 6.29 Å². The summed E-state index contributed by atoms with van der Waals surface area (Å²) in [5, 5.41) is 4.35.